The van der Waals surface area contributed by atoms with Crippen molar-refractivity contribution in [3.05, 3.63) is 66.4 Å². The van der Waals surface area contributed by atoms with E-state index in [-0.39, 0.29) is 10.8 Å². The quantitative estimate of drug-likeness (QED) is 0.553. The van der Waals surface area contributed by atoms with Crippen LogP contribution < -0.4 is 5.32 Å². The van der Waals surface area contributed by atoms with Crippen LogP contribution in [0, 0.1) is 0 Å². The van der Waals surface area contributed by atoms with E-state index in [1.807, 2.05) is 24.3 Å². The Morgan fingerprint density at radius 1 is 1.09 bits per heavy atom. The molecule has 1 aromatic heterocycles. The van der Waals surface area contributed by atoms with Crippen LogP contribution in [0.4, 0.5) is 5.69 Å². The van der Waals surface area contributed by atoms with E-state index in [4.69, 9.17) is 4.74 Å². The fraction of sp³-hybridized carbons (Fsp3) is 0.292. The van der Waals surface area contributed by atoms with Gasteiger partial charge in [-0.1, -0.05) is 19.1 Å². The lowest BCUT2D eigenvalue weighted by molar-refractivity contribution is -0.111. The van der Waals surface area contributed by atoms with Gasteiger partial charge in [-0.05, 0) is 54.5 Å². The standard InChI is InChI=1S/C24H27N3O4S/c1-2-12-26-13-11-20-18-21(6-9-23(20)26)25-24(28)10-5-19-3-7-22(8-4-19)32(29,30)27-14-16-31-17-15-27/h3-11,13,18H,2,12,14-17H2,1H3,(H,25,28)/b10-5+. The van der Waals surface area contributed by atoms with E-state index < -0.39 is 10.0 Å². The maximum absolute atomic E-state index is 12.7. The molecule has 0 atom stereocenters. The number of benzene rings is 2. The molecule has 32 heavy (non-hydrogen) atoms. The van der Waals surface area contributed by atoms with Crippen molar-refractivity contribution in [2.45, 2.75) is 24.8 Å². The van der Waals surface area contributed by atoms with Gasteiger partial charge in [0.1, 0.15) is 0 Å². The average molecular weight is 454 g/mol. The fourth-order valence-electron chi connectivity index (χ4n) is 3.76. The maximum atomic E-state index is 12.7. The van der Waals surface area contributed by atoms with Crippen LogP contribution in [0.15, 0.2) is 65.7 Å². The molecule has 8 heteroatoms. The molecule has 0 aliphatic carbocycles. The summed E-state index contributed by atoms with van der Waals surface area (Å²) in [6.07, 6.45) is 6.23. The summed E-state index contributed by atoms with van der Waals surface area (Å²) in [6, 6.07) is 14.4. The van der Waals surface area contributed by atoms with Gasteiger partial charge in [-0.25, -0.2) is 8.42 Å². The average Bonchev–Trinajstić information content (AvgIpc) is 3.21. The smallest absolute Gasteiger partial charge is 0.248 e. The van der Waals surface area contributed by atoms with Gasteiger partial charge in [0.25, 0.3) is 0 Å². The lowest BCUT2D eigenvalue weighted by atomic mass is 10.2. The van der Waals surface area contributed by atoms with Gasteiger partial charge in [-0.2, -0.15) is 4.31 Å². The molecule has 1 saturated heterocycles. The van der Waals surface area contributed by atoms with Crippen molar-refractivity contribution in [2.24, 2.45) is 0 Å². The molecule has 0 spiro atoms. The van der Waals surface area contributed by atoms with Crippen LogP contribution >= 0.6 is 0 Å². The number of nitrogens with one attached hydrogen (secondary N) is 1. The van der Waals surface area contributed by atoms with Crippen molar-refractivity contribution in [1.82, 2.24) is 8.87 Å². The highest BCUT2D eigenvalue weighted by Crippen LogP contribution is 2.21. The molecule has 0 unspecified atom stereocenters. The second-order valence-corrected chi connectivity index (χ2v) is 9.63. The van der Waals surface area contributed by atoms with Crippen molar-refractivity contribution in [1.29, 1.82) is 0 Å². The molecule has 168 valence electrons. The minimum absolute atomic E-state index is 0.240. The summed E-state index contributed by atoms with van der Waals surface area (Å²) < 4.78 is 34.2. The zero-order chi connectivity index (χ0) is 22.6. The second-order valence-electron chi connectivity index (χ2n) is 7.69. The highest BCUT2D eigenvalue weighted by molar-refractivity contribution is 7.89. The molecule has 1 aliphatic heterocycles. The Bertz CT molecular complexity index is 1220. The summed E-state index contributed by atoms with van der Waals surface area (Å²) in [6.45, 7) is 4.64. The topological polar surface area (TPSA) is 80.6 Å². The highest BCUT2D eigenvalue weighted by atomic mass is 32.2. The fourth-order valence-corrected chi connectivity index (χ4v) is 5.16. The number of carbonyl (C=O) groups is 1. The summed E-state index contributed by atoms with van der Waals surface area (Å²) >= 11 is 0. The summed E-state index contributed by atoms with van der Waals surface area (Å²) in [7, 11) is -3.52. The third-order valence-corrected chi connectivity index (χ3v) is 7.33. The largest absolute Gasteiger partial charge is 0.379 e. The third kappa shape index (κ3) is 4.93. The van der Waals surface area contributed by atoms with Crippen molar-refractivity contribution in [3.8, 4) is 0 Å². The molecule has 7 nitrogen and oxygen atoms in total. The lowest BCUT2D eigenvalue weighted by Gasteiger charge is -2.26. The van der Waals surface area contributed by atoms with Crippen molar-refractivity contribution in [3.63, 3.8) is 0 Å². The number of aromatic nitrogens is 1. The number of fused-ring (bicyclic) bond motifs is 1. The summed E-state index contributed by atoms with van der Waals surface area (Å²) in [5.41, 5.74) is 2.62. The number of aryl methyl sites for hydroxylation is 1. The lowest BCUT2D eigenvalue weighted by Crippen LogP contribution is -2.40. The van der Waals surface area contributed by atoms with E-state index >= 15 is 0 Å². The number of amides is 1. The zero-order valence-corrected chi connectivity index (χ0v) is 18.8. The Morgan fingerprint density at radius 3 is 2.56 bits per heavy atom. The first-order chi connectivity index (χ1) is 15.5. The number of hydrogen-bond donors (Lipinski definition) is 1. The van der Waals surface area contributed by atoms with Crippen LogP contribution in [-0.4, -0.2) is 49.5 Å². The van der Waals surface area contributed by atoms with E-state index in [1.165, 1.54) is 10.4 Å². The molecule has 3 aromatic rings. The van der Waals surface area contributed by atoms with Crippen molar-refractivity contribution < 1.29 is 17.9 Å². The van der Waals surface area contributed by atoms with Gasteiger partial charge in [-0.3, -0.25) is 4.79 Å². The van der Waals surface area contributed by atoms with Crippen LogP contribution in [0.2, 0.25) is 0 Å². The zero-order valence-electron chi connectivity index (χ0n) is 18.0. The van der Waals surface area contributed by atoms with E-state index in [0.29, 0.717) is 26.3 Å². The minimum Gasteiger partial charge on any atom is -0.379 e. The van der Waals surface area contributed by atoms with E-state index in [1.54, 1.807) is 30.3 Å². The summed E-state index contributed by atoms with van der Waals surface area (Å²) in [5, 5.41) is 3.96. The Hall–Kier alpha value is -2.94. The number of sulfonamides is 1. The first kappa shape index (κ1) is 22.3. The van der Waals surface area contributed by atoms with Crippen LogP contribution in [0.5, 0.6) is 0 Å². The molecular weight excluding hydrogens is 426 g/mol. The van der Waals surface area contributed by atoms with Crippen LogP contribution in [0.3, 0.4) is 0 Å². The van der Waals surface area contributed by atoms with Gasteiger partial charge in [-0.15, -0.1) is 0 Å². The first-order valence-electron chi connectivity index (χ1n) is 10.7. The molecule has 0 bridgehead atoms. The number of morpholine rings is 1. The molecule has 1 N–H and O–H groups in total. The van der Waals surface area contributed by atoms with Crippen LogP contribution in [-0.2, 0) is 26.1 Å². The number of ether oxygens (including phenoxy) is 1. The molecular formula is C24H27N3O4S. The van der Waals surface area contributed by atoms with Gasteiger partial charge in [0.15, 0.2) is 0 Å². The monoisotopic (exact) mass is 453 g/mol. The van der Waals surface area contributed by atoms with Gasteiger partial charge in [0, 0.05) is 48.5 Å². The Kier molecular flexibility index (Phi) is 6.74. The predicted molar refractivity (Wildman–Crippen MR) is 126 cm³/mol. The van der Waals surface area contributed by atoms with Crippen LogP contribution in [0.1, 0.15) is 18.9 Å². The normalized spacial score (nSPS) is 15.4. The molecule has 4 rings (SSSR count). The first-order valence-corrected chi connectivity index (χ1v) is 12.2. The Balaban J connectivity index is 1.39. The SMILES string of the molecule is CCCn1ccc2cc(NC(=O)/C=C/c3ccc(S(=O)(=O)N4CCOCC4)cc3)ccc21. The second kappa shape index (κ2) is 9.68. The van der Waals surface area contributed by atoms with Crippen molar-refractivity contribution in [2.75, 3.05) is 31.6 Å². The molecule has 2 aromatic carbocycles. The van der Waals surface area contributed by atoms with Crippen LogP contribution in [0.25, 0.3) is 17.0 Å². The molecule has 2 heterocycles. The number of anilines is 1. The number of carbonyl (C=O) groups excluding carboxylic acids is 1. The summed E-state index contributed by atoms with van der Waals surface area (Å²) in [5.74, 6) is -0.248. The van der Waals surface area contributed by atoms with Gasteiger partial charge in [0.05, 0.1) is 18.1 Å². The number of nitrogens with zero attached hydrogens (tertiary/aromatic N) is 2. The van der Waals surface area contributed by atoms with E-state index in [2.05, 4.69) is 23.0 Å². The van der Waals surface area contributed by atoms with Crippen molar-refractivity contribution >= 4 is 38.6 Å². The third-order valence-electron chi connectivity index (χ3n) is 5.42. The number of hydrogen-bond acceptors (Lipinski definition) is 4. The molecule has 1 aliphatic rings. The highest BCUT2D eigenvalue weighted by Gasteiger charge is 2.25. The van der Waals surface area contributed by atoms with E-state index in [0.717, 1.165) is 35.1 Å². The maximum Gasteiger partial charge on any atom is 0.248 e. The number of rotatable bonds is 7. The predicted octanol–water partition coefficient (Wildman–Crippen LogP) is 3.72. The Labute approximate surface area is 188 Å². The van der Waals surface area contributed by atoms with Gasteiger partial charge < -0.3 is 14.6 Å². The van der Waals surface area contributed by atoms with Gasteiger partial charge >= 0.3 is 0 Å². The molecule has 1 fully saturated rings. The molecule has 1 amide bonds. The summed E-state index contributed by atoms with van der Waals surface area (Å²) in [4.78, 5) is 12.6. The molecule has 0 radical (unpaired) electrons. The Morgan fingerprint density at radius 2 is 1.84 bits per heavy atom. The van der Waals surface area contributed by atoms with E-state index in [9.17, 15) is 13.2 Å². The minimum atomic E-state index is -3.52. The molecule has 0 saturated carbocycles. The van der Waals surface area contributed by atoms with Gasteiger partial charge in [0.2, 0.25) is 15.9 Å².